The van der Waals surface area contributed by atoms with Gasteiger partial charge in [-0.1, -0.05) is 19.1 Å². The van der Waals surface area contributed by atoms with Crippen LogP contribution in [0.4, 0.5) is 0 Å². The standard InChI is InChI=1S/C11H18N6/c1-4-9(12)11-10(5-2)17(15-14-11)8-6-13-16(3)7-8/h6-7,9H,4-5,12H2,1-3H3. The van der Waals surface area contributed by atoms with E-state index in [1.165, 1.54) is 0 Å². The Morgan fingerprint density at radius 2 is 2.18 bits per heavy atom. The monoisotopic (exact) mass is 234 g/mol. The van der Waals surface area contributed by atoms with E-state index in [1.54, 1.807) is 10.9 Å². The molecule has 0 radical (unpaired) electrons. The Balaban J connectivity index is 2.45. The molecule has 0 aliphatic carbocycles. The Labute approximate surface area is 100 Å². The fraction of sp³-hybridized carbons (Fsp3) is 0.545. The van der Waals surface area contributed by atoms with Crippen LogP contribution >= 0.6 is 0 Å². The van der Waals surface area contributed by atoms with Gasteiger partial charge < -0.3 is 5.73 Å². The predicted molar refractivity (Wildman–Crippen MR) is 64.7 cm³/mol. The molecule has 0 aliphatic rings. The molecule has 0 aromatic carbocycles. The average Bonchev–Trinajstić information content (AvgIpc) is 2.93. The van der Waals surface area contributed by atoms with Crippen molar-refractivity contribution in [3.63, 3.8) is 0 Å². The van der Waals surface area contributed by atoms with Gasteiger partial charge in [0.2, 0.25) is 0 Å². The van der Waals surface area contributed by atoms with Crippen molar-refractivity contribution in [3.8, 4) is 5.69 Å². The number of aryl methyl sites for hydroxylation is 1. The third-order valence-corrected chi connectivity index (χ3v) is 2.85. The third-order valence-electron chi connectivity index (χ3n) is 2.85. The molecule has 2 N–H and O–H groups in total. The highest BCUT2D eigenvalue weighted by Gasteiger charge is 2.17. The Hall–Kier alpha value is -1.69. The molecule has 2 aromatic rings. The molecule has 0 saturated carbocycles. The maximum Gasteiger partial charge on any atom is 0.105 e. The van der Waals surface area contributed by atoms with Gasteiger partial charge in [0.15, 0.2) is 0 Å². The Kier molecular flexibility index (Phi) is 3.23. The van der Waals surface area contributed by atoms with E-state index in [0.29, 0.717) is 0 Å². The quantitative estimate of drug-likeness (QED) is 0.855. The van der Waals surface area contributed by atoms with Gasteiger partial charge in [0.1, 0.15) is 11.4 Å². The minimum absolute atomic E-state index is 0.0460. The molecule has 0 aliphatic heterocycles. The lowest BCUT2D eigenvalue weighted by Gasteiger charge is -2.08. The first-order valence-corrected chi connectivity index (χ1v) is 5.86. The highest BCUT2D eigenvalue weighted by molar-refractivity contribution is 5.29. The lowest BCUT2D eigenvalue weighted by Crippen LogP contribution is -2.12. The van der Waals surface area contributed by atoms with Gasteiger partial charge in [-0.15, -0.1) is 5.10 Å². The summed E-state index contributed by atoms with van der Waals surface area (Å²) < 4.78 is 3.56. The average molecular weight is 234 g/mol. The summed E-state index contributed by atoms with van der Waals surface area (Å²) in [6.45, 7) is 4.13. The van der Waals surface area contributed by atoms with E-state index in [-0.39, 0.29) is 6.04 Å². The van der Waals surface area contributed by atoms with Crippen molar-refractivity contribution in [1.29, 1.82) is 0 Å². The molecule has 0 saturated heterocycles. The molecule has 92 valence electrons. The summed E-state index contributed by atoms with van der Waals surface area (Å²) in [6, 6.07) is -0.0460. The van der Waals surface area contributed by atoms with Crippen LogP contribution < -0.4 is 5.73 Å². The van der Waals surface area contributed by atoms with Gasteiger partial charge in [-0.3, -0.25) is 4.68 Å². The van der Waals surface area contributed by atoms with Gasteiger partial charge in [0.05, 0.1) is 24.1 Å². The molecular formula is C11H18N6. The zero-order chi connectivity index (χ0) is 12.4. The number of aromatic nitrogens is 5. The number of nitrogens with two attached hydrogens (primary N) is 1. The fourth-order valence-electron chi connectivity index (χ4n) is 1.85. The van der Waals surface area contributed by atoms with Crippen molar-refractivity contribution in [2.75, 3.05) is 0 Å². The molecule has 0 bridgehead atoms. The third kappa shape index (κ3) is 2.08. The van der Waals surface area contributed by atoms with Crippen LogP contribution in [0.15, 0.2) is 12.4 Å². The molecule has 0 amide bonds. The summed E-state index contributed by atoms with van der Waals surface area (Å²) in [5, 5.41) is 12.5. The van der Waals surface area contributed by atoms with Gasteiger partial charge in [-0.2, -0.15) is 5.10 Å². The second-order valence-electron chi connectivity index (χ2n) is 4.07. The van der Waals surface area contributed by atoms with E-state index >= 15 is 0 Å². The minimum Gasteiger partial charge on any atom is -0.323 e. The molecule has 6 nitrogen and oxygen atoms in total. The fourth-order valence-corrected chi connectivity index (χ4v) is 1.85. The molecule has 0 fully saturated rings. The number of hydrogen-bond acceptors (Lipinski definition) is 4. The molecule has 0 spiro atoms. The number of hydrogen-bond donors (Lipinski definition) is 1. The zero-order valence-corrected chi connectivity index (χ0v) is 10.5. The molecule has 1 atom stereocenters. The number of nitrogens with zero attached hydrogens (tertiary/aromatic N) is 5. The van der Waals surface area contributed by atoms with Crippen LogP contribution in [0, 0.1) is 0 Å². The maximum absolute atomic E-state index is 6.03. The lowest BCUT2D eigenvalue weighted by molar-refractivity contribution is 0.665. The predicted octanol–water partition coefficient (Wildman–Crippen LogP) is 0.973. The van der Waals surface area contributed by atoms with Crippen molar-refractivity contribution in [2.45, 2.75) is 32.7 Å². The first-order valence-electron chi connectivity index (χ1n) is 5.86. The smallest absolute Gasteiger partial charge is 0.105 e. The van der Waals surface area contributed by atoms with Gasteiger partial charge in [-0.25, -0.2) is 4.68 Å². The first-order chi connectivity index (χ1) is 8.17. The van der Waals surface area contributed by atoms with E-state index < -0.39 is 0 Å². The van der Waals surface area contributed by atoms with Crippen molar-refractivity contribution in [3.05, 3.63) is 23.8 Å². The maximum atomic E-state index is 6.03. The molecule has 1 unspecified atom stereocenters. The highest BCUT2D eigenvalue weighted by Crippen LogP contribution is 2.19. The van der Waals surface area contributed by atoms with Crippen molar-refractivity contribution >= 4 is 0 Å². The van der Waals surface area contributed by atoms with Crippen molar-refractivity contribution in [2.24, 2.45) is 12.8 Å². The Morgan fingerprint density at radius 1 is 1.41 bits per heavy atom. The normalized spacial score (nSPS) is 12.9. The van der Waals surface area contributed by atoms with E-state index in [9.17, 15) is 0 Å². The number of rotatable bonds is 4. The van der Waals surface area contributed by atoms with E-state index in [0.717, 1.165) is 29.9 Å². The molecule has 17 heavy (non-hydrogen) atoms. The molecule has 2 rings (SSSR count). The SMILES string of the molecule is CCc1c(C(N)CC)nnn1-c1cnn(C)c1. The summed E-state index contributed by atoms with van der Waals surface area (Å²) in [5.41, 5.74) is 8.90. The second kappa shape index (κ2) is 4.67. The van der Waals surface area contributed by atoms with Crippen LogP contribution in [0.3, 0.4) is 0 Å². The Bertz CT molecular complexity index is 498. The van der Waals surface area contributed by atoms with Gasteiger partial charge in [0, 0.05) is 7.05 Å². The summed E-state index contributed by atoms with van der Waals surface area (Å²) in [6.07, 6.45) is 5.40. The first kappa shape index (κ1) is 11.8. The summed E-state index contributed by atoms with van der Waals surface area (Å²) in [5.74, 6) is 0. The van der Waals surface area contributed by atoms with Gasteiger partial charge in [0.25, 0.3) is 0 Å². The van der Waals surface area contributed by atoms with Crippen molar-refractivity contribution < 1.29 is 0 Å². The molecule has 6 heteroatoms. The Morgan fingerprint density at radius 3 is 2.71 bits per heavy atom. The van der Waals surface area contributed by atoms with E-state index in [2.05, 4.69) is 22.3 Å². The highest BCUT2D eigenvalue weighted by atomic mass is 15.4. The van der Waals surface area contributed by atoms with Crippen LogP contribution in [-0.2, 0) is 13.5 Å². The van der Waals surface area contributed by atoms with Crippen molar-refractivity contribution in [1.82, 2.24) is 24.8 Å². The minimum atomic E-state index is -0.0460. The van der Waals surface area contributed by atoms with E-state index in [4.69, 9.17) is 5.73 Å². The molecular weight excluding hydrogens is 216 g/mol. The zero-order valence-electron chi connectivity index (χ0n) is 10.5. The van der Waals surface area contributed by atoms with E-state index in [1.807, 2.05) is 24.9 Å². The summed E-state index contributed by atoms with van der Waals surface area (Å²) >= 11 is 0. The largest absolute Gasteiger partial charge is 0.323 e. The topological polar surface area (TPSA) is 74.6 Å². The van der Waals surface area contributed by atoms with Crippen LogP contribution in [0.5, 0.6) is 0 Å². The lowest BCUT2D eigenvalue weighted by atomic mass is 10.1. The van der Waals surface area contributed by atoms with Crippen LogP contribution in [0.25, 0.3) is 5.69 Å². The van der Waals surface area contributed by atoms with Gasteiger partial charge in [-0.05, 0) is 12.8 Å². The summed E-state index contributed by atoms with van der Waals surface area (Å²) in [7, 11) is 1.88. The molecule has 2 heterocycles. The van der Waals surface area contributed by atoms with Crippen LogP contribution in [0.1, 0.15) is 37.7 Å². The van der Waals surface area contributed by atoms with Crippen LogP contribution in [-0.4, -0.2) is 24.8 Å². The second-order valence-corrected chi connectivity index (χ2v) is 4.07. The molecule has 2 aromatic heterocycles. The summed E-state index contributed by atoms with van der Waals surface area (Å²) in [4.78, 5) is 0. The van der Waals surface area contributed by atoms with Gasteiger partial charge >= 0.3 is 0 Å². The van der Waals surface area contributed by atoms with Crippen LogP contribution in [0.2, 0.25) is 0 Å².